The third-order valence-corrected chi connectivity index (χ3v) is 5.11. The number of nitrogens with one attached hydrogen (secondary N) is 1. The van der Waals surface area contributed by atoms with Gasteiger partial charge in [0.1, 0.15) is 0 Å². The van der Waals surface area contributed by atoms with E-state index in [0.717, 1.165) is 18.1 Å². The van der Waals surface area contributed by atoms with Crippen LogP contribution in [0.5, 0.6) is 0 Å². The molecule has 1 saturated carbocycles. The maximum atomic E-state index is 4.71. The molecule has 21 heavy (non-hydrogen) atoms. The zero-order chi connectivity index (χ0) is 14.7. The molecule has 1 fully saturated rings. The zero-order valence-electron chi connectivity index (χ0n) is 13.0. The Bertz CT molecular complexity index is 553. The Balaban J connectivity index is 1.71. The monoisotopic (exact) mass is 303 g/mol. The smallest absolute Gasteiger partial charge is 0.203 e. The van der Waals surface area contributed by atoms with Crippen molar-refractivity contribution in [3.8, 4) is 0 Å². The van der Waals surface area contributed by atoms with Crippen LogP contribution in [0.1, 0.15) is 56.3 Å². The number of thiophene rings is 1. The number of imidazole rings is 1. The maximum Gasteiger partial charge on any atom is 0.203 e. The van der Waals surface area contributed by atoms with Crippen molar-refractivity contribution in [2.24, 2.45) is 0 Å². The van der Waals surface area contributed by atoms with Gasteiger partial charge >= 0.3 is 0 Å². The first-order chi connectivity index (χ1) is 10.2. The number of aromatic nitrogens is 2. The highest BCUT2D eigenvalue weighted by atomic mass is 32.1. The largest absolute Gasteiger partial charge is 0.353 e. The first-order valence-electron chi connectivity index (χ1n) is 8.05. The second-order valence-corrected chi connectivity index (χ2v) is 7.06. The molecule has 1 N–H and O–H groups in total. The second kappa shape index (κ2) is 6.65. The zero-order valence-corrected chi connectivity index (χ0v) is 13.8. The second-order valence-electron chi connectivity index (χ2n) is 6.28. The summed E-state index contributed by atoms with van der Waals surface area (Å²) in [7, 11) is 0. The highest BCUT2D eigenvalue weighted by Gasteiger charge is 2.18. The summed E-state index contributed by atoms with van der Waals surface area (Å²) in [6, 6.07) is 3.26. The molecular weight excluding hydrogens is 278 g/mol. The van der Waals surface area contributed by atoms with E-state index in [-0.39, 0.29) is 0 Å². The Kier molecular flexibility index (Phi) is 4.63. The number of anilines is 1. The number of aryl methyl sites for hydroxylation is 1. The van der Waals surface area contributed by atoms with Crippen LogP contribution in [0.25, 0.3) is 0 Å². The third kappa shape index (κ3) is 3.67. The summed E-state index contributed by atoms with van der Waals surface area (Å²) < 4.78 is 2.32. The standard InChI is InChI=1S/C17H25N3S/c1-13-11-20(14(2)10-15-8-9-21-12-15)17(18-13)19-16-6-4-3-5-7-16/h8-9,11-12,14,16H,3-7,10H2,1-2H3,(H,18,19). The fourth-order valence-corrected chi connectivity index (χ4v) is 3.92. The Morgan fingerprint density at radius 3 is 2.90 bits per heavy atom. The van der Waals surface area contributed by atoms with Gasteiger partial charge in [0.05, 0.1) is 5.69 Å². The van der Waals surface area contributed by atoms with Crippen LogP contribution in [-0.2, 0) is 6.42 Å². The van der Waals surface area contributed by atoms with Crippen molar-refractivity contribution in [2.45, 2.75) is 64.5 Å². The SMILES string of the molecule is Cc1cn(C(C)Cc2ccsc2)c(NC2CCCCC2)n1. The summed E-state index contributed by atoms with van der Waals surface area (Å²) in [5, 5.41) is 8.08. The molecule has 3 nitrogen and oxygen atoms in total. The van der Waals surface area contributed by atoms with Gasteiger partial charge in [0.15, 0.2) is 0 Å². The quantitative estimate of drug-likeness (QED) is 0.859. The van der Waals surface area contributed by atoms with E-state index in [0.29, 0.717) is 12.1 Å². The van der Waals surface area contributed by atoms with Crippen molar-refractivity contribution in [2.75, 3.05) is 5.32 Å². The molecule has 3 rings (SSSR count). The van der Waals surface area contributed by atoms with Gasteiger partial charge < -0.3 is 9.88 Å². The van der Waals surface area contributed by atoms with Crippen molar-refractivity contribution in [3.63, 3.8) is 0 Å². The molecule has 114 valence electrons. The molecule has 0 spiro atoms. The third-order valence-electron chi connectivity index (χ3n) is 4.38. The number of hydrogen-bond donors (Lipinski definition) is 1. The van der Waals surface area contributed by atoms with Crippen LogP contribution in [0.3, 0.4) is 0 Å². The van der Waals surface area contributed by atoms with Crippen LogP contribution in [-0.4, -0.2) is 15.6 Å². The molecule has 0 aromatic carbocycles. The summed E-state index contributed by atoms with van der Waals surface area (Å²) in [4.78, 5) is 4.71. The van der Waals surface area contributed by atoms with E-state index in [2.05, 4.69) is 46.8 Å². The molecule has 1 aliphatic rings. The van der Waals surface area contributed by atoms with Crippen molar-refractivity contribution in [1.29, 1.82) is 0 Å². The molecule has 0 saturated heterocycles. The first-order valence-corrected chi connectivity index (χ1v) is 9.00. The molecule has 0 radical (unpaired) electrons. The van der Waals surface area contributed by atoms with Gasteiger partial charge in [-0.1, -0.05) is 19.3 Å². The predicted molar refractivity (Wildman–Crippen MR) is 90.2 cm³/mol. The summed E-state index contributed by atoms with van der Waals surface area (Å²) in [5.74, 6) is 1.06. The fraction of sp³-hybridized carbons (Fsp3) is 0.588. The molecule has 2 heterocycles. The minimum atomic E-state index is 0.437. The van der Waals surface area contributed by atoms with E-state index in [1.807, 2.05) is 0 Å². The minimum absolute atomic E-state index is 0.437. The number of nitrogens with zero attached hydrogens (tertiary/aromatic N) is 2. The first kappa shape index (κ1) is 14.6. The molecule has 1 aliphatic carbocycles. The van der Waals surface area contributed by atoms with Crippen LogP contribution in [0.15, 0.2) is 23.0 Å². The molecule has 0 amide bonds. The molecule has 2 aromatic rings. The van der Waals surface area contributed by atoms with E-state index in [1.165, 1.54) is 37.7 Å². The van der Waals surface area contributed by atoms with E-state index in [4.69, 9.17) is 4.98 Å². The topological polar surface area (TPSA) is 29.9 Å². The lowest BCUT2D eigenvalue weighted by Crippen LogP contribution is -2.25. The van der Waals surface area contributed by atoms with E-state index < -0.39 is 0 Å². The Morgan fingerprint density at radius 2 is 2.19 bits per heavy atom. The van der Waals surface area contributed by atoms with Crippen LogP contribution in [0, 0.1) is 6.92 Å². The van der Waals surface area contributed by atoms with E-state index >= 15 is 0 Å². The Morgan fingerprint density at radius 1 is 1.38 bits per heavy atom. The van der Waals surface area contributed by atoms with Crippen molar-refractivity contribution in [1.82, 2.24) is 9.55 Å². The minimum Gasteiger partial charge on any atom is -0.353 e. The van der Waals surface area contributed by atoms with Gasteiger partial charge in [0, 0.05) is 18.3 Å². The normalized spacial score (nSPS) is 17.8. The van der Waals surface area contributed by atoms with Crippen LogP contribution in [0.4, 0.5) is 5.95 Å². The van der Waals surface area contributed by atoms with Gasteiger partial charge in [-0.05, 0) is 55.5 Å². The van der Waals surface area contributed by atoms with E-state index in [9.17, 15) is 0 Å². The van der Waals surface area contributed by atoms with Crippen molar-refractivity contribution < 1.29 is 0 Å². The van der Waals surface area contributed by atoms with Crippen LogP contribution in [0.2, 0.25) is 0 Å². The van der Waals surface area contributed by atoms with Gasteiger partial charge in [-0.15, -0.1) is 0 Å². The summed E-state index contributed by atoms with van der Waals surface area (Å²) in [6.45, 7) is 4.37. The predicted octanol–water partition coefficient (Wildman–Crippen LogP) is 4.80. The Hall–Kier alpha value is -1.29. The molecule has 0 aliphatic heterocycles. The molecule has 4 heteroatoms. The fourth-order valence-electron chi connectivity index (χ4n) is 3.24. The van der Waals surface area contributed by atoms with Gasteiger partial charge in [-0.3, -0.25) is 0 Å². The van der Waals surface area contributed by atoms with Crippen LogP contribution >= 0.6 is 11.3 Å². The molecule has 1 atom stereocenters. The number of rotatable bonds is 5. The average molecular weight is 303 g/mol. The maximum absolute atomic E-state index is 4.71. The lowest BCUT2D eigenvalue weighted by atomic mass is 9.96. The molecule has 1 unspecified atom stereocenters. The highest BCUT2D eigenvalue weighted by Crippen LogP contribution is 2.25. The van der Waals surface area contributed by atoms with Crippen LogP contribution < -0.4 is 5.32 Å². The molecule has 0 bridgehead atoms. The average Bonchev–Trinajstić information content (AvgIpc) is 3.10. The highest BCUT2D eigenvalue weighted by molar-refractivity contribution is 7.07. The molecular formula is C17H25N3S. The number of hydrogen-bond acceptors (Lipinski definition) is 3. The van der Waals surface area contributed by atoms with Gasteiger partial charge in [-0.25, -0.2) is 4.98 Å². The Labute approximate surface area is 131 Å². The lowest BCUT2D eigenvalue weighted by molar-refractivity contribution is 0.455. The lowest BCUT2D eigenvalue weighted by Gasteiger charge is -2.25. The van der Waals surface area contributed by atoms with Crippen molar-refractivity contribution in [3.05, 3.63) is 34.3 Å². The van der Waals surface area contributed by atoms with Gasteiger partial charge in [0.25, 0.3) is 0 Å². The summed E-state index contributed by atoms with van der Waals surface area (Å²) >= 11 is 1.77. The summed E-state index contributed by atoms with van der Waals surface area (Å²) in [6.07, 6.45) is 9.90. The van der Waals surface area contributed by atoms with Gasteiger partial charge in [-0.2, -0.15) is 11.3 Å². The summed E-state index contributed by atoms with van der Waals surface area (Å²) in [5.41, 5.74) is 2.52. The van der Waals surface area contributed by atoms with Crippen molar-refractivity contribution >= 4 is 17.3 Å². The van der Waals surface area contributed by atoms with E-state index in [1.54, 1.807) is 11.3 Å². The van der Waals surface area contributed by atoms with Gasteiger partial charge in [0.2, 0.25) is 5.95 Å². The molecule has 2 aromatic heterocycles.